The molecule has 5 rings (SSSR count). The summed E-state index contributed by atoms with van der Waals surface area (Å²) in [5.41, 5.74) is 8.05. The van der Waals surface area contributed by atoms with E-state index in [1.807, 2.05) is 30.3 Å². The highest BCUT2D eigenvalue weighted by Crippen LogP contribution is 2.27. The predicted octanol–water partition coefficient (Wildman–Crippen LogP) is 5.76. The Labute approximate surface area is 185 Å². The van der Waals surface area contributed by atoms with Crippen LogP contribution in [0.15, 0.2) is 84.0 Å². The van der Waals surface area contributed by atoms with E-state index in [1.54, 1.807) is 12.3 Å². The molecule has 5 nitrogen and oxygen atoms in total. The van der Waals surface area contributed by atoms with Crippen LogP contribution < -0.4 is 5.43 Å². The van der Waals surface area contributed by atoms with E-state index in [0.717, 1.165) is 38.4 Å². The van der Waals surface area contributed by atoms with Crippen molar-refractivity contribution in [2.24, 2.45) is 5.10 Å². The zero-order valence-electron chi connectivity index (χ0n) is 17.9. The lowest BCUT2D eigenvalue weighted by molar-refractivity contribution is 0.0950. The molecule has 32 heavy (non-hydrogen) atoms. The van der Waals surface area contributed by atoms with Gasteiger partial charge in [0.2, 0.25) is 0 Å². The van der Waals surface area contributed by atoms with Crippen LogP contribution in [0, 0.1) is 13.8 Å². The van der Waals surface area contributed by atoms with Gasteiger partial charge < -0.3 is 0 Å². The van der Waals surface area contributed by atoms with Gasteiger partial charge in [0.25, 0.3) is 5.91 Å². The Hall–Kier alpha value is -4.25. The van der Waals surface area contributed by atoms with Crippen LogP contribution in [0.1, 0.15) is 27.2 Å². The Bertz CT molecular complexity index is 1440. The third-order valence-electron chi connectivity index (χ3n) is 5.80. The molecule has 1 amide bonds. The fourth-order valence-corrected chi connectivity index (χ4v) is 3.89. The van der Waals surface area contributed by atoms with E-state index in [1.165, 1.54) is 11.1 Å². The smallest absolute Gasteiger partial charge is 0.272 e. The molecule has 0 aliphatic carbocycles. The van der Waals surface area contributed by atoms with E-state index in [4.69, 9.17) is 0 Å². The second kappa shape index (κ2) is 8.12. The van der Waals surface area contributed by atoms with Gasteiger partial charge in [-0.15, -0.1) is 0 Å². The van der Waals surface area contributed by atoms with Crippen LogP contribution in [0.2, 0.25) is 0 Å². The minimum atomic E-state index is -0.339. The van der Waals surface area contributed by atoms with E-state index in [2.05, 4.69) is 77.0 Å². The zero-order valence-corrected chi connectivity index (χ0v) is 17.9. The predicted molar refractivity (Wildman–Crippen MR) is 130 cm³/mol. The van der Waals surface area contributed by atoms with Gasteiger partial charge in [-0.1, -0.05) is 60.7 Å². The van der Waals surface area contributed by atoms with Crippen molar-refractivity contribution in [2.75, 3.05) is 0 Å². The van der Waals surface area contributed by atoms with Crippen LogP contribution in [0.25, 0.3) is 32.8 Å². The van der Waals surface area contributed by atoms with Crippen molar-refractivity contribution in [1.29, 1.82) is 0 Å². The SMILES string of the molecule is Cc1ccc(-c2cc(C(=O)N/N=C\c3c4ccccc4cc4ccccc34)[nH]n2)cc1C. The molecule has 0 radical (unpaired) electrons. The third-order valence-corrected chi connectivity index (χ3v) is 5.80. The molecule has 0 fully saturated rings. The Morgan fingerprint density at radius 1 is 0.875 bits per heavy atom. The summed E-state index contributed by atoms with van der Waals surface area (Å²) >= 11 is 0. The standard InChI is InChI=1S/C27H22N4O/c1-17-11-12-21(13-18(17)2)25-15-26(30-29-25)27(32)31-28-16-24-22-9-5-3-7-19(22)14-20-8-4-6-10-23(20)24/h3-16H,1-2H3,(H,29,30)(H,31,32)/b28-16-. The van der Waals surface area contributed by atoms with Gasteiger partial charge in [0.05, 0.1) is 11.9 Å². The van der Waals surface area contributed by atoms with Crippen molar-refractivity contribution < 1.29 is 4.79 Å². The number of aryl methyl sites for hydroxylation is 2. The highest BCUT2D eigenvalue weighted by Gasteiger charge is 2.11. The molecule has 0 spiro atoms. The van der Waals surface area contributed by atoms with E-state index >= 15 is 0 Å². The van der Waals surface area contributed by atoms with E-state index in [-0.39, 0.29) is 5.91 Å². The molecule has 5 aromatic rings. The normalized spacial score (nSPS) is 11.4. The summed E-state index contributed by atoms with van der Waals surface area (Å²) < 4.78 is 0. The first-order valence-corrected chi connectivity index (χ1v) is 10.5. The lowest BCUT2D eigenvalue weighted by Crippen LogP contribution is -2.18. The first kappa shape index (κ1) is 19.7. The first-order valence-electron chi connectivity index (χ1n) is 10.5. The highest BCUT2D eigenvalue weighted by molar-refractivity contribution is 6.13. The fourth-order valence-electron chi connectivity index (χ4n) is 3.89. The number of rotatable bonds is 4. The minimum absolute atomic E-state index is 0.339. The summed E-state index contributed by atoms with van der Waals surface area (Å²) in [5, 5.41) is 15.8. The maximum atomic E-state index is 12.6. The molecule has 0 bridgehead atoms. The van der Waals surface area contributed by atoms with Crippen molar-refractivity contribution >= 4 is 33.7 Å². The number of fused-ring (bicyclic) bond motifs is 2. The molecule has 1 aromatic heterocycles. The Balaban J connectivity index is 1.41. The molecule has 1 heterocycles. The summed E-state index contributed by atoms with van der Waals surface area (Å²) in [5.74, 6) is -0.339. The number of amides is 1. The number of benzene rings is 4. The molecule has 2 N–H and O–H groups in total. The van der Waals surface area contributed by atoms with Gasteiger partial charge in [-0.2, -0.15) is 10.2 Å². The lowest BCUT2D eigenvalue weighted by atomic mass is 9.97. The first-order chi connectivity index (χ1) is 15.6. The number of hydrogen-bond donors (Lipinski definition) is 2. The topological polar surface area (TPSA) is 70.1 Å². The lowest BCUT2D eigenvalue weighted by Gasteiger charge is -2.07. The van der Waals surface area contributed by atoms with Crippen LogP contribution in [0.4, 0.5) is 0 Å². The molecule has 0 aliphatic rings. The van der Waals surface area contributed by atoms with E-state index < -0.39 is 0 Å². The van der Waals surface area contributed by atoms with Crippen molar-refractivity contribution in [3.63, 3.8) is 0 Å². The maximum absolute atomic E-state index is 12.6. The third kappa shape index (κ3) is 3.65. The molecule has 0 atom stereocenters. The molecular weight excluding hydrogens is 396 g/mol. The molecule has 0 unspecified atom stereocenters. The van der Waals surface area contributed by atoms with Gasteiger partial charge in [0.1, 0.15) is 5.69 Å². The summed E-state index contributed by atoms with van der Waals surface area (Å²) in [6.07, 6.45) is 1.71. The van der Waals surface area contributed by atoms with Gasteiger partial charge in [-0.25, -0.2) is 5.43 Å². The van der Waals surface area contributed by atoms with Crippen LogP contribution in [-0.2, 0) is 0 Å². The van der Waals surface area contributed by atoms with Gasteiger partial charge >= 0.3 is 0 Å². The van der Waals surface area contributed by atoms with Crippen LogP contribution >= 0.6 is 0 Å². The monoisotopic (exact) mass is 418 g/mol. The second-order valence-corrected chi connectivity index (χ2v) is 7.90. The fraction of sp³-hybridized carbons (Fsp3) is 0.0741. The number of aromatic amines is 1. The number of hydrogen-bond acceptors (Lipinski definition) is 3. The van der Waals surface area contributed by atoms with Crippen molar-refractivity contribution in [1.82, 2.24) is 15.6 Å². The Kier molecular flexibility index (Phi) is 5.00. The van der Waals surface area contributed by atoms with Crippen LogP contribution in [-0.4, -0.2) is 22.3 Å². The Morgan fingerprint density at radius 3 is 2.25 bits per heavy atom. The molecule has 5 heteroatoms. The number of carbonyl (C=O) groups is 1. The summed E-state index contributed by atoms with van der Waals surface area (Å²) in [4.78, 5) is 12.6. The maximum Gasteiger partial charge on any atom is 0.289 e. The largest absolute Gasteiger partial charge is 0.289 e. The zero-order chi connectivity index (χ0) is 22.1. The minimum Gasteiger partial charge on any atom is -0.272 e. The van der Waals surface area contributed by atoms with E-state index in [0.29, 0.717) is 5.69 Å². The molecule has 4 aromatic carbocycles. The van der Waals surface area contributed by atoms with Crippen molar-refractivity contribution in [2.45, 2.75) is 13.8 Å². The van der Waals surface area contributed by atoms with E-state index in [9.17, 15) is 4.79 Å². The molecule has 0 saturated heterocycles. The summed E-state index contributed by atoms with van der Waals surface area (Å²) in [6.45, 7) is 4.13. The van der Waals surface area contributed by atoms with Gasteiger partial charge in [0.15, 0.2) is 0 Å². The molecule has 156 valence electrons. The number of carbonyl (C=O) groups excluding carboxylic acids is 1. The number of nitrogens with zero attached hydrogens (tertiary/aromatic N) is 2. The summed E-state index contributed by atoms with van der Waals surface area (Å²) in [6, 6.07) is 26.4. The number of hydrazone groups is 1. The highest BCUT2D eigenvalue weighted by atomic mass is 16.2. The quantitative estimate of drug-likeness (QED) is 0.221. The average Bonchev–Trinajstić information content (AvgIpc) is 3.31. The van der Waals surface area contributed by atoms with Gasteiger partial charge in [-0.3, -0.25) is 9.89 Å². The van der Waals surface area contributed by atoms with Crippen LogP contribution in [0.5, 0.6) is 0 Å². The molecular formula is C27H22N4O. The van der Waals surface area contributed by atoms with Crippen molar-refractivity contribution in [3.8, 4) is 11.3 Å². The van der Waals surface area contributed by atoms with Crippen LogP contribution in [0.3, 0.4) is 0 Å². The number of nitrogens with one attached hydrogen (secondary N) is 2. The Morgan fingerprint density at radius 2 is 1.56 bits per heavy atom. The average molecular weight is 419 g/mol. The number of H-pyrrole nitrogens is 1. The van der Waals surface area contributed by atoms with Crippen molar-refractivity contribution in [3.05, 3.63) is 101 Å². The molecule has 0 aliphatic heterocycles. The molecule has 0 saturated carbocycles. The number of aromatic nitrogens is 2. The second-order valence-electron chi connectivity index (χ2n) is 7.90. The summed E-state index contributed by atoms with van der Waals surface area (Å²) in [7, 11) is 0. The van der Waals surface area contributed by atoms with Gasteiger partial charge in [-0.05, 0) is 64.7 Å². The van der Waals surface area contributed by atoms with Gasteiger partial charge in [0, 0.05) is 11.1 Å².